The number of hydrogen-bond donors (Lipinski definition) is 0. The third-order valence-corrected chi connectivity index (χ3v) is 0.0625. The lowest BCUT2D eigenvalue weighted by Crippen LogP contribution is -1.21. The van der Waals surface area contributed by atoms with Gasteiger partial charge in [0.2, 0.25) is 0 Å². The third-order valence-electron chi connectivity index (χ3n) is 0.0625. The van der Waals surface area contributed by atoms with Gasteiger partial charge in [0, 0.05) is 0 Å². The average Bonchev–Trinajstić information content (AvgIpc) is 1.84. The Hall–Kier alpha value is -0.520. The van der Waals surface area contributed by atoms with E-state index >= 15 is 0 Å². The minimum atomic E-state index is -0.845. The Morgan fingerprint density at radius 1 is 1.75 bits per heavy atom. The first-order valence-electron chi connectivity index (χ1n) is 3.75. The molecule has 0 spiro atoms. The van der Waals surface area contributed by atoms with E-state index in [0.717, 1.165) is 0 Å². The Balaban J connectivity index is 4.71. The van der Waals surface area contributed by atoms with E-state index in [1.54, 1.807) is 0 Å². The van der Waals surface area contributed by atoms with E-state index in [9.17, 15) is 0 Å². The van der Waals surface area contributed by atoms with Crippen molar-refractivity contribution in [1.82, 2.24) is 0 Å². The summed E-state index contributed by atoms with van der Waals surface area (Å²) in [6.07, 6.45) is 0. The lowest BCUT2D eigenvalue weighted by molar-refractivity contribution is 2.15. The van der Waals surface area contributed by atoms with Crippen molar-refractivity contribution in [3.63, 3.8) is 0 Å². The molecule has 0 aliphatic heterocycles. The van der Waals surface area contributed by atoms with Gasteiger partial charge in [0.1, 0.15) is 0 Å². The zero-order valence-electron chi connectivity index (χ0n) is 8.00. The van der Waals surface area contributed by atoms with Crippen LogP contribution in [0.5, 0.6) is 0 Å². The summed E-state index contributed by atoms with van der Waals surface area (Å²) in [5, 5.41) is 0. The van der Waals surface area contributed by atoms with Gasteiger partial charge in [-0.05, 0) is 0 Å². The lowest BCUT2D eigenvalue weighted by Gasteiger charge is -1.44. The summed E-state index contributed by atoms with van der Waals surface area (Å²) >= 11 is 0. The fraction of sp³-hybridized carbons (Fsp3) is 0. The quantitative estimate of drug-likeness (QED) is 0.396. The van der Waals surface area contributed by atoms with Crippen LogP contribution in [0.15, 0.2) is 25.2 Å². The minimum absolute atomic E-state index is 0.694. The van der Waals surface area contributed by atoms with E-state index in [1.807, 2.05) is 0 Å². The van der Waals surface area contributed by atoms with E-state index < -0.39 is 25.2 Å². The van der Waals surface area contributed by atoms with Crippen LogP contribution in [0.4, 0.5) is 0 Å². The van der Waals surface area contributed by atoms with Gasteiger partial charge in [-0.15, -0.1) is 0 Å². The molecule has 0 saturated heterocycles. The Labute approximate surface area is 34.9 Å². The Morgan fingerprint density at radius 3 is 2.50 bits per heavy atom. The summed E-state index contributed by atoms with van der Waals surface area (Å²) in [7, 11) is 0. The van der Waals surface area contributed by atoms with Crippen molar-refractivity contribution in [2.45, 2.75) is 0 Å². The van der Waals surface area contributed by atoms with Crippen LogP contribution >= 0.6 is 0 Å². The monoisotopic (exact) mass is 54.0 g/mol. The summed E-state index contributed by atoms with van der Waals surface area (Å²) < 4.78 is 39.7. The number of allylic oxidation sites excluding steroid dienone is 2. The van der Waals surface area contributed by atoms with Gasteiger partial charge in [0.25, 0.3) is 0 Å². The Morgan fingerprint density at radius 2 is 2.25 bits per heavy atom. The molecule has 0 bridgehead atoms. The zero-order chi connectivity index (χ0) is 8.31. The first kappa shape index (κ1) is 0.298. The van der Waals surface area contributed by atoms with Gasteiger partial charge >= 0.3 is 0 Å². The summed E-state index contributed by atoms with van der Waals surface area (Å²) in [4.78, 5) is 0. The normalized spacial score (nSPS) is 24.0. The van der Waals surface area contributed by atoms with Gasteiger partial charge < -0.3 is 0 Å². The van der Waals surface area contributed by atoms with Crippen molar-refractivity contribution in [3.8, 4) is 0 Å². The van der Waals surface area contributed by atoms with Gasteiger partial charge in [-0.3, -0.25) is 0 Å². The molecule has 0 aromatic heterocycles. The molecular formula is C4H6. The molecule has 0 unspecified atom stereocenters. The van der Waals surface area contributed by atoms with E-state index in [1.165, 1.54) is 0 Å². The molecule has 0 amide bonds. The molecular weight excluding hydrogens is 48.0 g/mol. The SMILES string of the molecule is [1H]C([1H])=C([1H])C([1H])=C([1H])[1H]. The van der Waals surface area contributed by atoms with Crippen molar-refractivity contribution < 1.29 is 8.22 Å². The maximum absolute atomic E-state index is 6.78. The maximum atomic E-state index is 6.78. The molecule has 0 heterocycles. The van der Waals surface area contributed by atoms with Crippen LogP contribution in [0, 0.1) is 0 Å². The molecule has 0 rings (SSSR count). The van der Waals surface area contributed by atoms with Crippen LogP contribution in [0.2, 0.25) is 0 Å². The van der Waals surface area contributed by atoms with Gasteiger partial charge in [0.05, 0.1) is 8.22 Å². The maximum Gasteiger partial charge on any atom is 0.0616 e. The van der Waals surface area contributed by atoms with Crippen LogP contribution in [-0.2, 0) is 0 Å². The summed E-state index contributed by atoms with van der Waals surface area (Å²) in [5.74, 6) is 0. The molecule has 0 heteroatoms. The van der Waals surface area contributed by atoms with Crippen molar-refractivity contribution in [2.75, 3.05) is 0 Å². The van der Waals surface area contributed by atoms with Crippen LogP contribution in [0.1, 0.15) is 8.22 Å². The predicted molar refractivity (Wildman–Crippen MR) is 20.4 cm³/mol. The second-order valence-electron chi connectivity index (χ2n) is 0.250. The summed E-state index contributed by atoms with van der Waals surface area (Å²) in [6, 6.07) is -1.39. The molecule has 22 valence electrons. The highest BCUT2D eigenvalue weighted by Gasteiger charge is 1.29. The highest BCUT2D eigenvalue weighted by molar-refractivity contribution is 4.88. The second-order valence-corrected chi connectivity index (χ2v) is 0.250. The van der Waals surface area contributed by atoms with Gasteiger partial charge in [-0.1, -0.05) is 25.2 Å². The fourth-order valence-corrected chi connectivity index (χ4v) is 0. The highest BCUT2D eigenvalue weighted by Crippen LogP contribution is 1.52. The molecule has 0 aromatic rings. The number of hydrogen-bond acceptors (Lipinski definition) is 0. The first-order valence-corrected chi connectivity index (χ1v) is 0.750. The lowest BCUT2D eigenvalue weighted by atomic mass is 10.6. The van der Waals surface area contributed by atoms with Crippen LogP contribution in [0.3, 0.4) is 0 Å². The molecule has 0 aromatic carbocycles. The molecule has 0 nitrogen and oxygen atoms in total. The van der Waals surface area contributed by atoms with Gasteiger partial charge in [0.15, 0.2) is 0 Å². The molecule has 0 atom stereocenters. The Bertz CT molecular complexity index is 160. The highest BCUT2D eigenvalue weighted by atomic mass is 13.4. The molecule has 0 saturated carbocycles. The first-order chi connectivity index (χ1) is 4.46. The van der Waals surface area contributed by atoms with E-state index in [-0.39, 0.29) is 0 Å². The van der Waals surface area contributed by atoms with Crippen molar-refractivity contribution >= 4 is 0 Å². The van der Waals surface area contributed by atoms with Crippen LogP contribution in [-0.4, -0.2) is 0 Å². The molecule has 4 heavy (non-hydrogen) atoms. The standard InChI is InChI=1S/C4H6/c1-3-4-2/h3-4H,1-2H2/i1H2,2H2,3H,4H. The molecule has 0 N–H and O–H groups in total. The summed E-state index contributed by atoms with van der Waals surface area (Å²) in [5.41, 5.74) is 0. The van der Waals surface area contributed by atoms with Crippen molar-refractivity contribution in [2.24, 2.45) is 0 Å². The molecule has 0 fully saturated rings. The summed E-state index contributed by atoms with van der Waals surface area (Å²) in [6.45, 7) is -1.69. The third kappa shape index (κ3) is 1.48. The smallest absolute Gasteiger partial charge is 0.0616 e. The largest absolute Gasteiger partial charge is 0.0991 e. The minimum Gasteiger partial charge on any atom is -0.0991 e. The van der Waals surface area contributed by atoms with E-state index in [2.05, 4.69) is 0 Å². The molecule has 0 aliphatic carbocycles. The zero-order valence-corrected chi connectivity index (χ0v) is 2.00. The Kier molecular flexibility index (Phi) is 0.185. The number of rotatable bonds is 1. The van der Waals surface area contributed by atoms with Gasteiger partial charge in [-0.25, -0.2) is 0 Å². The average molecular weight is 54.1 g/mol. The topological polar surface area (TPSA) is 0 Å². The van der Waals surface area contributed by atoms with E-state index in [0.29, 0.717) is 0 Å². The molecule has 0 radical (unpaired) electrons. The van der Waals surface area contributed by atoms with Gasteiger partial charge in [-0.2, -0.15) is 0 Å². The predicted octanol–water partition coefficient (Wildman–Crippen LogP) is 1.36. The van der Waals surface area contributed by atoms with Crippen molar-refractivity contribution in [3.05, 3.63) is 25.2 Å². The van der Waals surface area contributed by atoms with Crippen molar-refractivity contribution in [1.29, 1.82) is 0 Å². The second kappa shape index (κ2) is 2.48. The van der Waals surface area contributed by atoms with Crippen LogP contribution in [0.25, 0.3) is 0 Å². The van der Waals surface area contributed by atoms with E-state index in [4.69, 9.17) is 8.22 Å². The molecule has 0 aliphatic rings. The fourth-order valence-electron chi connectivity index (χ4n) is 0. The van der Waals surface area contributed by atoms with Crippen LogP contribution < -0.4 is 0 Å².